The van der Waals surface area contributed by atoms with Gasteiger partial charge in [-0.3, -0.25) is 10.1 Å². The first-order chi connectivity index (χ1) is 12.2. The van der Waals surface area contributed by atoms with Gasteiger partial charge in [0.15, 0.2) is 0 Å². The molecule has 6 nitrogen and oxygen atoms in total. The minimum Gasteiger partial charge on any atom is -0.469 e. The van der Waals surface area contributed by atoms with Crippen molar-refractivity contribution in [2.75, 3.05) is 7.11 Å². The van der Waals surface area contributed by atoms with Gasteiger partial charge in [-0.1, -0.05) is 51.2 Å². The molecule has 1 aliphatic heterocycles. The van der Waals surface area contributed by atoms with Crippen molar-refractivity contribution in [3.8, 4) is 0 Å². The second-order valence-corrected chi connectivity index (χ2v) is 7.07. The summed E-state index contributed by atoms with van der Waals surface area (Å²) in [5.41, 5.74) is 0. The van der Waals surface area contributed by atoms with Crippen molar-refractivity contribution in [2.24, 2.45) is 11.8 Å². The molecule has 2 aliphatic rings. The molecule has 0 aromatic carbocycles. The van der Waals surface area contributed by atoms with Crippen molar-refractivity contribution in [2.45, 2.75) is 83.0 Å². The predicted molar refractivity (Wildman–Crippen MR) is 92.6 cm³/mol. The quantitative estimate of drug-likeness (QED) is 0.187. The van der Waals surface area contributed by atoms with Crippen LogP contribution in [0.25, 0.3) is 0 Å². The van der Waals surface area contributed by atoms with Crippen LogP contribution < -0.4 is 0 Å². The number of methoxy groups -OCH3 is 1. The number of ether oxygens (including phenoxy) is 1. The Bertz CT molecular complexity index is 424. The fraction of sp³-hybridized carbons (Fsp3) is 0.842. The van der Waals surface area contributed by atoms with Crippen molar-refractivity contribution in [3.63, 3.8) is 0 Å². The Kier molecular flexibility index (Phi) is 8.89. The van der Waals surface area contributed by atoms with E-state index in [1.54, 1.807) is 0 Å². The third-order valence-corrected chi connectivity index (χ3v) is 5.42. The number of esters is 1. The summed E-state index contributed by atoms with van der Waals surface area (Å²) in [5, 5.41) is 9.13. The molecule has 1 aliphatic carbocycles. The molecule has 1 N–H and O–H groups in total. The molecule has 0 radical (unpaired) electrons. The molecule has 2 bridgehead atoms. The van der Waals surface area contributed by atoms with Gasteiger partial charge in [-0.15, -0.1) is 0 Å². The Morgan fingerprint density at radius 1 is 1.20 bits per heavy atom. The first kappa shape index (κ1) is 20.4. The van der Waals surface area contributed by atoms with Gasteiger partial charge in [0.05, 0.1) is 13.2 Å². The first-order valence-corrected chi connectivity index (χ1v) is 9.57. The summed E-state index contributed by atoms with van der Waals surface area (Å²) < 4.78 is 4.62. The predicted octanol–water partition coefficient (Wildman–Crippen LogP) is 4.05. The highest BCUT2D eigenvalue weighted by molar-refractivity contribution is 5.68. The maximum Gasteiger partial charge on any atom is 0.305 e. The van der Waals surface area contributed by atoms with Gasteiger partial charge in [-0.25, -0.2) is 14.7 Å². The van der Waals surface area contributed by atoms with Crippen molar-refractivity contribution in [1.82, 2.24) is 0 Å². The molecule has 0 amide bonds. The highest BCUT2D eigenvalue weighted by Crippen LogP contribution is 2.44. The number of hydrogen-bond donors (Lipinski definition) is 1. The van der Waals surface area contributed by atoms with Crippen LogP contribution in [0.3, 0.4) is 0 Å². The maximum atomic E-state index is 11.0. The lowest BCUT2D eigenvalue weighted by Crippen LogP contribution is -2.28. The van der Waals surface area contributed by atoms with Crippen molar-refractivity contribution < 1.29 is 29.5 Å². The molecule has 25 heavy (non-hydrogen) atoms. The van der Waals surface area contributed by atoms with E-state index in [0.29, 0.717) is 18.3 Å². The van der Waals surface area contributed by atoms with Crippen molar-refractivity contribution in [1.29, 1.82) is 0 Å². The molecule has 5 atom stereocenters. The number of rotatable bonds is 12. The molecule has 6 heteroatoms. The summed E-state index contributed by atoms with van der Waals surface area (Å²) in [6.45, 7) is 2.18. The fourth-order valence-corrected chi connectivity index (χ4v) is 3.93. The van der Waals surface area contributed by atoms with Crippen LogP contribution in [0.5, 0.6) is 0 Å². The lowest BCUT2D eigenvalue weighted by molar-refractivity contribution is -0.336. The standard InChI is InChI=1S/C19H32O6/c1-3-15-16(18-13-17(15)24-25-18)12-11-14(23-21)9-7-5-4-6-8-10-19(20)22-2/h11-12,14-18,21H,3-10,13H2,1-2H3/b12-11+/t14-,15+,16-,17-,18+/m0/s1. The number of hydrogen-bond acceptors (Lipinski definition) is 6. The van der Waals surface area contributed by atoms with E-state index in [1.807, 2.05) is 6.08 Å². The summed E-state index contributed by atoms with van der Waals surface area (Å²) in [5.74, 6) is 0.697. The van der Waals surface area contributed by atoms with Crippen LogP contribution in [0.4, 0.5) is 0 Å². The topological polar surface area (TPSA) is 74.2 Å². The van der Waals surface area contributed by atoms with E-state index < -0.39 is 0 Å². The minimum atomic E-state index is -0.271. The zero-order valence-electron chi connectivity index (χ0n) is 15.4. The van der Waals surface area contributed by atoms with E-state index in [4.69, 9.17) is 15.0 Å². The molecule has 2 rings (SSSR count). The highest BCUT2D eigenvalue weighted by atomic mass is 17.2. The van der Waals surface area contributed by atoms with E-state index in [9.17, 15) is 4.79 Å². The average molecular weight is 356 g/mol. The third kappa shape index (κ3) is 6.06. The van der Waals surface area contributed by atoms with Crippen LogP contribution in [0.2, 0.25) is 0 Å². The highest BCUT2D eigenvalue weighted by Gasteiger charge is 2.48. The molecular weight excluding hydrogens is 324 g/mol. The second kappa shape index (κ2) is 10.9. The molecule has 1 saturated heterocycles. The molecule has 1 heterocycles. The van der Waals surface area contributed by atoms with Crippen molar-refractivity contribution in [3.05, 3.63) is 12.2 Å². The van der Waals surface area contributed by atoms with Gasteiger partial charge in [0.25, 0.3) is 0 Å². The zero-order chi connectivity index (χ0) is 18.1. The van der Waals surface area contributed by atoms with Crippen LogP contribution in [-0.2, 0) is 24.2 Å². The Morgan fingerprint density at radius 2 is 1.92 bits per heavy atom. The monoisotopic (exact) mass is 356 g/mol. The minimum absolute atomic E-state index is 0.139. The normalized spacial score (nSPS) is 29.4. The average Bonchev–Trinajstić information content (AvgIpc) is 3.24. The van der Waals surface area contributed by atoms with Crippen LogP contribution in [-0.4, -0.2) is 36.6 Å². The molecular formula is C19H32O6. The van der Waals surface area contributed by atoms with Gasteiger partial charge < -0.3 is 4.74 Å². The number of carbonyl (C=O) groups is 1. The lowest BCUT2D eigenvalue weighted by atomic mass is 9.90. The Balaban J connectivity index is 1.61. The third-order valence-electron chi connectivity index (χ3n) is 5.42. The molecule has 2 fully saturated rings. The molecule has 144 valence electrons. The Hall–Kier alpha value is -0.950. The molecule has 1 saturated carbocycles. The zero-order valence-corrected chi connectivity index (χ0v) is 15.4. The van der Waals surface area contributed by atoms with Gasteiger partial charge >= 0.3 is 5.97 Å². The lowest BCUT2D eigenvalue weighted by Gasteiger charge is -2.27. The van der Waals surface area contributed by atoms with Crippen LogP contribution in [0.15, 0.2) is 12.2 Å². The maximum absolute atomic E-state index is 11.0. The first-order valence-electron chi connectivity index (χ1n) is 9.57. The largest absolute Gasteiger partial charge is 0.469 e. The fourth-order valence-electron chi connectivity index (χ4n) is 3.93. The van der Waals surface area contributed by atoms with Gasteiger partial charge in [-0.2, -0.15) is 0 Å². The number of fused-ring (bicyclic) bond motifs is 2. The van der Waals surface area contributed by atoms with E-state index >= 15 is 0 Å². The smallest absolute Gasteiger partial charge is 0.305 e. The van der Waals surface area contributed by atoms with Gasteiger partial charge in [0.1, 0.15) is 12.2 Å². The summed E-state index contributed by atoms with van der Waals surface area (Å²) in [6.07, 6.45) is 12.5. The molecule has 0 spiro atoms. The SMILES string of the molecule is CC[C@@H]1[C@H](/C=C/[C@H](CCCCCCCC(=O)OC)OO)[C@H]2C[C@@H]1OO2. The molecule has 0 aromatic rings. The summed E-state index contributed by atoms with van der Waals surface area (Å²) in [4.78, 5) is 26.3. The van der Waals surface area contributed by atoms with E-state index in [1.165, 1.54) is 7.11 Å². The second-order valence-electron chi connectivity index (χ2n) is 7.07. The van der Waals surface area contributed by atoms with Gasteiger partial charge in [0, 0.05) is 18.8 Å². The van der Waals surface area contributed by atoms with Crippen LogP contribution >= 0.6 is 0 Å². The van der Waals surface area contributed by atoms with Crippen LogP contribution in [0.1, 0.15) is 64.7 Å². The van der Waals surface area contributed by atoms with Crippen LogP contribution in [0, 0.1) is 11.8 Å². The summed E-state index contributed by atoms with van der Waals surface area (Å²) >= 11 is 0. The van der Waals surface area contributed by atoms with Gasteiger partial charge in [0.2, 0.25) is 0 Å². The van der Waals surface area contributed by atoms with E-state index in [2.05, 4.69) is 22.6 Å². The molecule has 0 aromatic heterocycles. The number of carbonyl (C=O) groups excluding carboxylic acids is 1. The Morgan fingerprint density at radius 3 is 2.64 bits per heavy atom. The Labute approximate surface area is 150 Å². The molecule has 0 unspecified atom stereocenters. The number of unbranched alkanes of at least 4 members (excludes halogenated alkanes) is 4. The van der Waals surface area contributed by atoms with Gasteiger partial charge in [-0.05, 0) is 18.8 Å². The van der Waals surface area contributed by atoms with E-state index in [-0.39, 0.29) is 24.3 Å². The van der Waals surface area contributed by atoms with Crippen molar-refractivity contribution >= 4 is 5.97 Å². The summed E-state index contributed by atoms with van der Waals surface area (Å²) in [7, 11) is 1.42. The summed E-state index contributed by atoms with van der Waals surface area (Å²) in [6, 6.07) is 0. The van der Waals surface area contributed by atoms with E-state index in [0.717, 1.165) is 51.4 Å².